The summed E-state index contributed by atoms with van der Waals surface area (Å²) in [7, 11) is 0. The summed E-state index contributed by atoms with van der Waals surface area (Å²) >= 11 is 0. The second kappa shape index (κ2) is 7.17. The summed E-state index contributed by atoms with van der Waals surface area (Å²) in [5, 5.41) is 11.9. The smallest absolute Gasteiger partial charge is 0.222 e. The molecule has 0 spiro atoms. The summed E-state index contributed by atoms with van der Waals surface area (Å²) in [5.74, 6) is 0.905. The molecule has 3 aromatic heterocycles. The van der Waals surface area contributed by atoms with E-state index in [0.717, 1.165) is 17.0 Å². The van der Waals surface area contributed by atoms with Crippen molar-refractivity contribution in [3.63, 3.8) is 0 Å². The van der Waals surface area contributed by atoms with Gasteiger partial charge in [0.25, 0.3) is 0 Å². The van der Waals surface area contributed by atoms with Crippen molar-refractivity contribution in [2.45, 2.75) is 6.42 Å². The number of nitrogens with one attached hydrogen (secondary N) is 1. The molecular formula is C19H14FN7. The van der Waals surface area contributed by atoms with Gasteiger partial charge in [0.15, 0.2) is 0 Å². The molecule has 0 amide bonds. The second-order valence-electron chi connectivity index (χ2n) is 5.79. The van der Waals surface area contributed by atoms with E-state index in [0.29, 0.717) is 30.0 Å². The molecule has 1 N–H and O–H groups in total. The molecule has 0 unspecified atom stereocenters. The number of halogens is 1. The Morgan fingerprint density at radius 1 is 1.11 bits per heavy atom. The maximum atomic E-state index is 13.8. The van der Waals surface area contributed by atoms with Gasteiger partial charge >= 0.3 is 0 Å². The van der Waals surface area contributed by atoms with Crippen molar-refractivity contribution in [2.24, 2.45) is 0 Å². The average molecular weight is 359 g/mol. The molecule has 0 atom stereocenters. The van der Waals surface area contributed by atoms with Gasteiger partial charge in [0, 0.05) is 31.4 Å². The zero-order chi connectivity index (χ0) is 18.6. The van der Waals surface area contributed by atoms with Crippen LogP contribution in [0.25, 0.3) is 16.7 Å². The number of imidazole rings is 1. The van der Waals surface area contributed by atoms with E-state index < -0.39 is 0 Å². The zero-order valence-corrected chi connectivity index (χ0v) is 14.2. The van der Waals surface area contributed by atoms with Crippen LogP contribution >= 0.6 is 0 Å². The summed E-state index contributed by atoms with van der Waals surface area (Å²) in [6.45, 7) is 0.531. The van der Waals surface area contributed by atoms with E-state index in [-0.39, 0.29) is 5.82 Å². The summed E-state index contributed by atoms with van der Waals surface area (Å²) in [5.41, 5.74) is 2.69. The van der Waals surface area contributed by atoms with Crippen molar-refractivity contribution in [3.05, 3.63) is 72.3 Å². The standard InChI is InChI=1S/C19H14FN7/c20-14-1-2-16-17(9-14)27(15-3-6-22-7-4-15)18(26-16)5-8-23-19-24-11-13(10-21)12-25-19/h1-4,6-7,9,11-12H,5,8H2,(H,23,24,25). The Labute approximate surface area is 154 Å². The Balaban J connectivity index is 1.62. The van der Waals surface area contributed by atoms with Crippen molar-refractivity contribution < 1.29 is 4.39 Å². The lowest BCUT2D eigenvalue weighted by molar-refractivity contribution is 0.629. The van der Waals surface area contributed by atoms with Crippen molar-refractivity contribution in [2.75, 3.05) is 11.9 Å². The maximum Gasteiger partial charge on any atom is 0.222 e. The third-order valence-corrected chi connectivity index (χ3v) is 4.02. The topological polar surface area (TPSA) is 92.3 Å². The number of benzene rings is 1. The van der Waals surface area contributed by atoms with Gasteiger partial charge in [-0.2, -0.15) is 5.26 Å². The number of rotatable bonds is 5. The molecular weight excluding hydrogens is 345 g/mol. The first-order valence-corrected chi connectivity index (χ1v) is 8.28. The number of aromatic nitrogens is 5. The molecule has 132 valence electrons. The molecule has 0 aliphatic rings. The minimum absolute atomic E-state index is 0.312. The van der Waals surface area contributed by atoms with Crippen LogP contribution in [0.2, 0.25) is 0 Å². The third kappa shape index (κ3) is 3.43. The highest BCUT2D eigenvalue weighted by Crippen LogP contribution is 2.22. The highest BCUT2D eigenvalue weighted by molar-refractivity contribution is 5.78. The molecule has 1 aromatic carbocycles. The van der Waals surface area contributed by atoms with Crippen LogP contribution in [-0.4, -0.2) is 31.0 Å². The van der Waals surface area contributed by atoms with Gasteiger partial charge in [-0.05, 0) is 24.3 Å². The molecule has 0 fully saturated rings. The van der Waals surface area contributed by atoms with Gasteiger partial charge in [-0.3, -0.25) is 9.55 Å². The van der Waals surface area contributed by atoms with E-state index in [1.54, 1.807) is 18.5 Å². The van der Waals surface area contributed by atoms with Gasteiger partial charge in [-0.15, -0.1) is 0 Å². The lowest BCUT2D eigenvalue weighted by atomic mass is 10.3. The Hall–Kier alpha value is -3.86. The highest BCUT2D eigenvalue weighted by Gasteiger charge is 2.13. The number of nitriles is 1. The van der Waals surface area contributed by atoms with Crippen LogP contribution in [0.5, 0.6) is 0 Å². The Kier molecular flexibility index (Phi) is 4.41. The number of hydrogen-bond acceptors (Lipinski definition) is 6. The fourth-order valence-electron chi connectivity index (χ4n) is 2.81. The summed E-state index contributed by atoms with van der Waals surface area (Å²) in [6, 6.07) is 10.2. The van der Waals surface area contributed by atoms with Crippen LogP contribution in [0.4, 0.5) is 10.3 Å². The van der Waals surface area contributed by atoms with E-state index in [2.05, 4.69) is 25.3 Å². The van der Waals surface area contributed by atoms with Gasteiger partial charge in [-0.25, -0.2) is 19.3 Å². The van der Waals surface area contributed by atoms with E-state index in [1.165, 1.54) is 24.5 Å². The van der Waals surface area contributed by atoms with Crippen LogP contribution in [0.3, 0.4) is 0 Å². The first kappa shape index (κ1) is 16.6. The van der Waals surface area contributed by atoms with E-state index in [1.807, 2.05) is 22.8 Å². The average Bonchev–Trinajstić information content (AvgIpc) is 3.06. The van der Waals surface area contributed by atoms with Gasteiger partial charge in [-0.1, -0.05) is 0 Å². The molecule has 8 heteroatoms. The Morgan fingerprint density at radius 2 is 1.89 bits per heavy atom. The van der Waals surface area contributed by atoms with Gasteiger partial charge in [0.05, 0.1) is 34.7 Å². The molecule has 0 bridgehead atoms. The monoisotopic (exact) mass is 359 g/mol. The second-order valence-corrected chi connectivity index (χ2v) is 5.79. The molecule has 27 heavy (non-hydrogen) atoms. The summed E-state index contributed by atoms with van der Waals surface area (Å²) < 4.78 is 15.7. The number of anilines is 1. The molecule has 7 nitrogen and oxygen atoms in total. The van der Waals surface area contributed by atoms with Gasteiger partial charge in [0.2, 0.25) is 5.95 Å². The van der Waals surface area contributed by atoms with Crippen molar-refractivity contribution >= 4 is 17.0 Å². The molecule has 0 saturated heterocycles. The summed E-state index contributed by atoms with van der Waals surface area (Å²) in [4.78, 5) is 16.9. The van der Waals surface area contributed by atoms with Crippen molar-refractivity contribution in [1.29, 1.82) is 5.26 Å². The fourth-order valence-corrected chi connectivity index (χ4v) is 2.81. The quantitative estimate of drug-likeness (QED) is 0.589. The van der Waals surface area contributed by atoms with E-state index in [9.17, 15) is 4.39 Å². The largest absolute Gasteiger partial charge is 0.354 e. The molecule has 4 rings (SSSR count). The normalized spacial score (nSPS) is 10.7. The third-order valence-electron chi connectivity index (χ3n) is 4.02. The molecule has 0 radical (unpaired) electrons. The van der Waals surface area contributed by atoms with Gasteiger partial charge in [0.1, 0.15) is 17.7 Å². The number of pyridine rings is 1. The molecule has 0 aliphatic carbocycles. The Morgan fingerprint density at radius 3 is 2.63 bits per heavy atom. The predicted octanol–water partition coefficient (Wildman–Crippen LogP) is 2.88. The predicted molar refractivity (Wildman–Crippen MR) is 97.8 cm³/mol. The molecule has 0 aliphatic heterocycles. The minimum Gasteiger partial charge on any atom is -0.354 e. The number of hydrogen-bond donors (Lipinski definition) is 1. The first-order chi connectivity index (χ1) is 13.2. The highest BCUT2D eigenvalue weighted by atomic mass is 19.1. The van der Waals surface area contributed by atoms with Crippen LogP contribution in [0.15, 0.2) is 55.1 Å². The van der Waals surface area contributed by atoms with E-state index in [4.69, 9.17) is 5.26 Å². The first-order valence-electron chi connectivity index (χ1n) is 8.28. The van der Waals surface area contributed by atoms with Crippen LogP contribution < -0.4 is 5.32 Å². The molecule has 4 aromatic rings. The van der Waals surface area contributed by atoms with Gasteiger partial charge < -0.3 is 5.32 Å². The number of fused-ring (bicyclic) bond motifs is 1. The van der Waals surface area contributed by atoms with E-state index >= 15 is 0 Å². The minimum atomic E-state index is -0.312. The lowest BCUT2D eigenvalue weighted by Gasteiger charge is -2.09. The molecule has 3 heterocycles. The maximum absolute atomic E-state index is 13.8. The number of nitrogens with zero attached hydrogens (tertiary/aromatic N) is 6. The Bertz CT molecular complexity index is 1110. The van der Waals surface area contributed by atoms with Crippen LogP contribution in [0.1, 0.15) is 11.4 Å². The summed E-state index contributed by atoms with van der Waals surface area (Å²) in [6.07, 6.45) is 6.87. The van der Waals surface area contributed by atoms with Crippen LogP contribution in [0, 0.1) is 17.1 Å². The zero-order valence-electron chi connectivity index (χ0n) is 14.2. The van der Waals surface area contributed by atoms with Crippen LogP contribution in [-0.2, 0) is 6.42 Å². The van der Waals surface area contributed by atoms with Crippen molar-refractivity contribution in [3.8, 4) is 11.8 Å². The van der Waals surface area contributed by atoms with Crippen molar-refractivity contribution in [1.82, 2.24) is 24.5 Å². The molecule has 0 saturated carbocycles. The lowest BCUT2D eigenvalue weighted by Crippen LogP contribution is -2.11. The SMILES string of the molecule is N#Cc1cnc(NCCc2nc3ccc(F)cc3n2-c2ccncc2)nc1. The fraction of sp³-hybridized carbons (Fsp3) is 0.105.